The van der Waals surface area contributed by atoms with Crippen LogP contribution in [-0.2, 0) is 21.2 Å². The highest BCUT2D eigenvalue weighted by Crippen LogP contribution is 2.09. The highest BCUT2D eigenvalue weighted by Gasteiger charge is 2.19. The molecule has 1 unspecified atom stereocenters. The van der Waals surface area contributed by atoms with E-state index in [1.807, 2.05) is 30.3 Å². The van der Waals surface area contributed by atoms with E-state index in [9.17, 15) is 17.6 Å². The highest BCUT2D eigenvalue weighted by molar-refractivity contribution is 7.89. The summed E-state index contributed by atoms with van der Waals surface area (Å²) in [5.41, 5.74) is 0.918. The van der Waals surface area contributed by atoms with E-state index in [2.05, 4.69) is 4.72 Å². The van der Waals surface area contributed by atoms with Gasteiger partial charge in [0.15, 0.2) is 0 Å². The van der Waals surface area contributed by atoms with Crippen molar-refractivity contribution in [2.45, 2.75) is 31.7 Å². The molecule has 118 valence electrons. The molecule has 2 N–H and O–H groups in total. The number of carboxylic acids is 1. The smallest absolute Gasteiger partial charge is 0.303 e. The molecule has 0 aliphatic rings. The number of halogens is 1. The van der Waals surface area contributed by atoms with Crippen molar-refractivity contribution in [3.63, 3.8) is 0 Å². The molecular formula is C14H20FNO4S. The lowest BCUT2D eigenvalue weighted by molar-refractivity contribution is -0.137. The predicted molar refractivity (Wildman–Crippen MR) is 78.3 cm³/mol. The van der Waals surface area contributed by atoms with E-state index in [1.54, 1.807) is 0 Å². The van der Waals surface area contributed by atoms with Gasteiger partial charge in [-0.2, -0.15) is 0 Å². The quantitative estimate of drug-likeness (QED) is 0.688. The second-order valence-electron chi connectivity index (χ2n) is 4.80. The fraction of sp³-hybridized carbons (Fsp3) is 0.500. The van der Waals surface area contributed by atoms with E-state index in [1.165, 1.54) is 0 Å². The maximum Gasteiger partial charge on any atom is 0.303 e. The molecule has 21 heavy (non-hydrogen) atoms. The zero-order chi connectivity index (χ0) is 15.7. The van der Waals surface area contributed by atoms with E-state index >= 15 is 0 Å². The molecule has 1 atom stereocenters. The molecule has 0 heterocycles. The number of nitrogens with one attached hydrogen (secondary N) is 1. The van der Waals surface area contributed by atoms with Crippen molar-refractivity contribution in [3.05, 3.63) is 35.9 Å². The summed E-state index contributed by atoms with van der Waals surface area (Å²) in [5, 5.41) is 8.74. The molecule has 0 aromatic heterocycles. The lowest BCUT2D eigenvalue weighted by Crippen LogP contribution is -2.38. The first-order chi connectivity index (χ1) is 9.93. The van der Waals surface area contributed by atoms with E-state index in [4.69, 9.17) is 5.11 Å². The molecule has 0 aliphatic carbocycles. The van der Waals surface area contributed by atoms with Crippen LogP contribution in [0.15, 0.2) is 30.3 Å². The Balaban J connectivity index is 2.70. The first-order valence-corrected chi connectivity index (χ1v) is 8.40. The van der Waals surface area contributed by atoms with Gasteiger partial charge in [0.05, 0.1) is 12.4 Å². The third kappa shape index (κ3) is 7.77. The maximum absolute atomic E-state index is 12.1. The lowest BCUT2D eigenvalue weighted by Gasteiger charge is -2.18. The number of alkyl halides is 1. The molecule has 0 aliphatic heterocycles. The molecule has 1 aromatic rings. The van der Waals surface area contributed by atoms with Crippen molar-refractivity contribution in [1.29, 1.82) is 0 Å². The Labute approximate surface area is 124 Å². The molecule has 7 heteroatoms. The summed E-state index contributed by atoms with van der Waals surface area (Å²) in [6.07, 6.45) is 0.414. The third-order valence-corrected chi connectivity index (χ3v) is 4.44. The number of aliphatic carboxylic acids is 1. The maximum atomic E-state index is 12.1. The van der Waals surface area contributed by atoms with E-state index in [0.29, 0.717) is 6.42 Å². The summed E-state index contributed by atoms with van der Waals surface area (Å²) in [6.45, 7) is -0.695. The number of hydrogen-bond acceptors (Lipinski definition) is 3. The highest BCUT2D eigenvalue weighted by atomic mass is 32.2. The zero-order valence-electron chi connectivity index (χ0n) is 11.7. The lowest BCUT2D eigenvalue weighted by atomic mass is 10.0. The van der Waals surface area contributed by atoms with Crippen LogP contribution >= 0.6 is 0 Å². The van der Waals surface area contributed by atoms with Crippen LogP contribution in [-0.4, -0.2) is 38.0 Å². The van der Waals surface area contributed by atoms with Crippen LogP contribution < -0.4 is 4.72 Å². The van der Waals surface area contributed by atoms with Crippen LogP contribution in [0.25, 0.3) is 0 Å². The summed E-state index contributed by atoms with van der Waals surface area (Å²) < 4.78 is 38.2. The van der Waals surface area contributed by atoms with Gasteiger partial charge in [-0.15, -0.1) is 0 Å². The SMILES string of the molecule is O=C(O)CCC(Cc1ccccc1)NS(=O)(=O)CCCF. The summed E-state index contributed by atoms with van der Waals surface area (Å²) >= 11 is 0. The Hall–Kier alpha value is -1.47. The first kappa shape index (κ1) is 17.6. The van der Waals surface area contributed by atoms with Crippen molar-refractivity contribution < 1.29 is 22.7 Å². The Morgan fingerprint density at radius 3 is 2.52 bits per heavy atom. The van der Waals surface area contributed by atoms with Crippen LogP contribution in [0.4, 0.5) is 4.39 Å². The molecule has 0 saturated heterocycles. The van der Waals surface area contributed by atoms with Gasteiger partial charge < -0.3 is 5.11 Å². The van der Waals surface area contributed by atoms with E-state index in [0.717, 1.165) is 5.56 Å². The van der Waals surface area contributed by atoms with Gasteiger partial charge >= 0.3 is 5.97 Å². The molecule has 1 aromatic carbocycles. The average Bonchev–Trinajstić information content (AvgIpc) is 2.43. The van der Waals surface area contributed by atoms with Crippen molar-refractivity contribution in [3.8, 4) is 0 Å². The Morgan fingerprint density at radius 2 is 1.95 bits per heavy atom. The first-order valence-electron chi connectivity index (χ1n) is 6.74. The molecule has 1 rings (SSSR count). The minimum absolute atomic E-state index is 0.0632. The fourth-order valence-corrected chi connectivity index (χ4v) is 3.27. The van der Waals surface area contributed by atoms with Crippen molar-refractivity contribution in [2.24, 2.45) is 0 Å². The van der Waals surface area contributed by atoms with Gasteiger partial charge in [-0.1, -0.05) is 30.3 Å². The van der Waals surface area contributed by atoms with Crippen LogP contribution in [0, 0.1) is 0 Å². The summed E-state index contributed by atoms with van der Waals surface area (Å²) in [4.78, 5) is 10.7. The van der Waals surface area contributed by atoms with Crippen LogP contribution in [0.5, 0.6) is 0 Å². The average molecular weight is 317 g/mol. The largest absolute Gasteiger partial charge is 0.481 e. The Morgan fingerprint density at radius 1 is 1.29 bits per heavy atom. The van der Waals surface area contributed by atoms with Gasteiger partial charge in [0.25, 0.3) is 0 Å². The van der Waals surface area contributed by atoms with Crippen molar-refractivity contribution in [1.82, 2.24) is 4.72 Å². The molecule has 0 radical (unpaired) electrons. The summed E-state index contributed by atoms with van der Waals surface area (Å²) in [6, 6.07) is 8.71. The number of benzene rings is 1. The fourth-order valence-electron chi connectivity index (χ4n) is 1.96. The van der Waals surface area contributed by atoms with Crippen LogP contribution in [0.3, 0.4) is 0 Å². The molecule has 0 saturated carbocycles. The van der Waals surface area contributed by atoms with Crippen molar-refractivity contribution >= 4 is 16.0 Å². The van der Waals surface area contributed by atoms with E-state index < -0.39 is 28.7 Å². The van der Waals surface area contributed by atoms with Crippen molar-refractivity contribution in [2.75, 3.05) is 12.4 Å². The molecule has 0 fully saturated rings. The number of carboxylic acid groups (broad SMARTS) is 1. The normalized spacial score (nSPS) is 13.0. The van der Waals surface area contributed by atoms with Crippen LogP contribution in [0.1, 0.15) is 24.8 Å². The number of sulfonamides is 1. The minimum Gasteiger partial charge on any atom is -0.481 e. The van der Waals surface area contributed by atoms with Gasteiger partial charge in [-0.3, -0.25) is 9.18 Å². The summed E-state index contributed by atoms with van der Waals surface area (Å²) in [5.74, 6) is -1.27. The number of rotatable bonds is 10. The van der Waals surface area contributed by atoms with Gasteiger partial charge in [-0.25, -0.2) is 13.1 Å². The van der Waals surface area contributed by atoms with Crippen LogP contribution in [0.2, 0.25) is 0 Å². The Kier molecular flexibility index (Phi) is 7.31. The molecule has 0 amide bonds. The second-order valence-corrected chi connectivity index (χ2v) is 6.67. The summed E-state index contributed by atoms with van der Waals surface area (Å²) in [7, 11) is -3.59. The van der Waals surface area contributed by atoms with Gasteiger partial charge in [-0.05, 0) is 24.8 Å². The zero-order valence-corrected chi connectivity index (χ0v) is 12.5. The topological polar surface area (TPSA) is 83.5 Å². The predicted octanol–water partition coefficient (Wildman–Crippen LogP) is 1.74. The van der Waals surface area contributed by atoms with E-state index in [-0.39, 0.29) is 25.0 Å². The van der Waals surface area contributed by atoms with Gasteiger partial charge in [0, 0.05) is 12.5 Å². The Bertz CT molecular complexity index is 533. The number of carbonyl (C=O) groups is 1. The third-order valence-electron chi connectivity index (χ3n) is 2.92. The minimum atomic E-state index is -3.59. The molecule has 0 bridgehead atoms. The standard InChI is InChI=1S/C14H20FNO4S/c15-9-4-10-21(19,20)16-13(7-8-14(17)18)11-12-5-2-1-3-6-12/h1-3,5-6,13,16H,4,7-11H2,(H,17,18). The van der Waals surface area contributed by atoms with Gasteiger partial charge in [0.1, 0.15) is 0 Å². The molecule has 0 spiro atoms. The molecule has 5 nitrogen and oxygen atoms in total. The number of hydrogen-bond donors (Lipinski definition) is 2. The van der Waals surface area contributed by atoms with Gasteiger partial charge in [0.2, 0.25) is 10.0 Å². The second kappa shape index (κ2) is 8.74. The monoisotopic (exact) mass is 317 g/mol. The molecular weight excluding hydrogens is 297 g/mol.